The smallest absolute Gasteiger partial charge is 0.313 e. The summed E-state index contributed by atoms with van der Waals surface area (Å²) in [4.78, 5) is 23.2. The Morgan fingerprint density at radius 1 is 1.14 bits per heavy atom. The van der Waals surface area contributed by atoms with Gasteiger partial charge in [-0.3, -0.25) is 9.59 Å². The molecular formula is C16H22N2O3. The molecule has 1 fully saturated rings. The lowest BCUT2D eigenvalue weighted by Crippen LogP contribution is -2.36. The van der Waals surface area contributed by atoms with Crippen LogP contribution in [-0.2, 0) is 9.59 Å². The zero-order valence-electron chi connectivity index (χ0n) is 12.4. The SMILES string of the molecule is CCCCCOc1ccc(NC(=O)C(=O)NC2CC2)cc1. The normalized spacial score (nSPS) is 13.6. The molecule has 0 heterocycles. The zero-order valence-corrected chi connectivity index (χ0v) is 12.4. The van der Waals surface area contributed by atoms with Crippen molar-refractivity contribution in [1.82, 2.24) is 5.32 Å². The number of nitrogens with one attached hydrogen (secondary N) is 2. The molecule has 0 atom stereocenters. The van der Waals surface area contributed by atoms with Crippen LogP contribution in [0.4, 0.5) is 5.69 Å². The van der Waals surface area contributed by atoms with Gasteiger partial charge in [-0.2, -0.15) is 0 Å². The summed E-state index contributed by atoms with van der Waals surface area (Å²) in [6.07, 6.45) is 5.28. The van der Waals surface area contributed by atoms with Crippen LogP contribution in [0.25, 0.3) is 0 Å². The van der Waals surface area contributed by atoms with E-state index in [9.17, 15) is 9.59 Å². The van der Waals surface area contributed by atoms with Gasteiger partial charge in [0.1, 0.15) is 5.75 Å². The van der Waals surface area contributed by atoms with Gasteiger partial charge >= 0.3 is 11.8 Å². The molecule has 0 unspecified atom stereocenters. The Morgan fingerprint density at radius 2 is 1.86 bits per heavy atom. The van der Waals surface area contributed by atoms with Crippen molar-refractivity contribution in [2.75, 3.05) is 11.9 Å². The van der Waals surface area contributed by atoms with Crippen LogP contribution in [0.3, 0.4) is 0 Å². The van der Waals surface area contributed by atoms with Crippen molar-refractivity contribution in [3.8, 4) is 5.75 Å². The van der Waals surface area contributed by atoms with E-state index in [4.69, 9.17) is 4.74 Å². The summed E-state index contributed by atoms with van der Waals surface area (Å²) in [5.41, 5.74) is 0.590. The predicted molar refractivity (Wildman–Crippen MR) is 81.3 cm³/mol. The maximum absolute atomic E-state index is 11.7. The van der Waals surface area contributed by atoms with Gasteiger partial charge in [-0.25, -0.2) is 0 Å². The second kappa shape index (κ2) is 7.67. The molecule has 1 saturated carbocycles. The molecule has 1 aromatic carbocycles. The van der Waals surface area contributed by atoms with Crippen molar-refractivity contribution in [2.24, 2.45) is 0 Å². The van der Waals surface area contributed by atoms with Gasteiger partial charge < -0.3 is 15.4 Å². The number of ether oxygens (including phenoxy) is 1. The van der Waals surface area contributed by atoms with Crippen molar-refractivity contribution in [1.29, 1.82) is 0 Å². The van der Waals surface area contributed by atoms with Crippen molar-refractivity contribution in [3.63, 3.8) is 0 Å². The van der Waals surface area contributed by atoms with Crippen molar-refractivity contribution < 1.29 is 14.3 Å². The third-order valence-corrected chi connectivity index (χ3v) is 3.25. The standard InChI is InChI=1S/C16H22N2O3/c1-2-3-4-11-21-14-9-7-13(8-10-14)18-16(20)15(19)17-12-5-6-12/h7-10,12H,2-6,11H2,1H3,(H,17,19)(H,18,20). The molecule has 0 spiro atoms. The van der Waals surface area contributed by atoms with Gasteiger partial charge in [-0.05, 0) is 43.5 Å². The number of amides is 2. The maximum Gasteiger partial charge on any atom is 0.313 e. The molecular weight excluding hydrogens is 268 g/mol. The van der Waals surface area contributed by atoms with Crippen LogP contribution in [0, 0.1) is 0 Å². The van der Waals surface area contributed by atoms with E-state index < -0.39 is 11.8 Å². The molecule has 0 radical (unpaired) electrons. The van der Waals surface area contributed by atoms with Crippen LogP contribution in [0.15, 0.2) is 24.3 Å². The zero-order chi connectivity index (χ0) is 15.1. The number of benzene rings is 1. The Hall–Kier alpha value is -2.04. The van der Waals surface area contributed by atoms with E-state index >= 15 is 0 Å². The van der Waals surface area contributed by atoms with Gasteiger partial charge in [-0.1, -0.05) is 19.8 Å². The van der Waals surface area contributed by atoms with Crippen LogP contribution in [0.1, 0.15) is 39.0 Å². The van der Waals surface area contributed by atoms with Gasteiger partial charge in [0.2, 0.25) is 0 Å². The minimum atomic E-state index is -0.626. The minimum absolute atomic E-state index is 0.183. The summed E-state index contributed by atoms with van der Waals surface area (Å²) in [5.74, 6) is -0.428. The molecule has 5 heteroatoms. The van der Waals surface area contributed by atoms with E-state index in [1.165, 1.54) is 0 Å². The van der Waals surface area contributed by atoms with Crippen LogP contribution in [0.2, 0.25) is 0 Å². The summed E-state index contributed by atoms with van der Waals surface area (Å²) in [7, 11) is 0. The predicted octanol–water partition coefficient (Wildman–Crippen LogP) is 2.47. The molecule has 1 aromatic rings. The fourth-order valence-electron chi connectivity index (χ4n) is 1.84. The monoisotopic (exact) mass is 290 g/mol. The fourth-order valence-corrected chi connectivity index (χ4v) is 1.84. The fraction of sp³-hybridized carbons (Fsp3) is 0.500. The number of hydrogen-bond acceptors (Lipinski definition) is 3. The maximum atomic E-state index is 11.7. The Balaban J connectivity index is 1.75. The second-order valence-electron chi connectivity index (χ2n) is 5.28. The number of carbonyl (C=O) groups is 2. The van der Waals surface area contributed by atoms with E-state index in [2.05, 4.69) is 17.6 Å². The van der Waals surface area contributed by atoms with Gasteiger partial charge in [0.05, 0.1) is 6.61 Å². The summed E-state index contributed by atoms with van der Waals surface area (Å²) in [6.45, 7) is 2.85. The third-order valence-electron chi connectivity index (χ3n) is 3.25. The van der Waals surface area contributed by atoms with Gasteiger partial charge in [-0.15, -0.1) is 0 Å². The molecule has 1 aliphatic carbocycles. The van der Waals surface area contributed by atoms with E-state index in [0.29, 0.717) is 12.3 Å². The molecule has 0 saturated heterocycles. The largest absolute Gasteiger partial charge is 0.494 e. The number of rotatable bonds is 7. The summed E-state index contributed by atoms with van der Waals surface area (Å²) in [6, 6.07) is 7.23. The Labute approximate surface area is 125 Å². The van der Waals surface area contributed by atoms with E-state index in [1.54, 1.807) is 24.3 Å². The average molecular weight is 290 g/mol. The first kappa shape index (κ1) is 15.4. The molecule has 114 valence electrons. The summed E-state index contributed by atoms with van der Waals surface area (Å²) >= 11 is 0. The highest BCUT2D eigenvalue weighted by atomic mass is 16.5. The first-order valence-corrected chi connectivity index (χ1v) is 7.53. The molecule has 5 nitrogen and oxygen atoms in total. The molecule has 2 rings (SSSR count). The van der Waals surface area contributed by atoms with Crippen LogP contribution < -0.4 is 15.4 Å². The highest BCUT2D eigenvalue weighted by Gasteiger charge is 2.26. The van der Waals surface area contributed by atoms with E-state index in [1.807, 2.05) is 0 Å². The lowest BCUT2D eigenvalue weighted by molar-refractivity contribution is -0.136. The molecule has 1 aliphatic rings. The number of hydrogen-bond donors (Lipinski definition) is 2. The summed E-state index contributed by atoms with van der Waals surface area (Å²) in [5, 5.41) is 5.22. The molecule has 21 heavy (non-hydrogen) atoms. The molecule has 2 amide bonds. The van der Waals surface area contributed by atoms with Gasteiger partial charge in [0.15, 0.2) is 0 Å². The molecule has 0 aromatic heterocycles. The lowest BCUT2D eigenvalue weighted by Gasteiger charge is -2.08. The highest BCUT2D eigenvalue weighted by molar-refractivity contribution is 6.39. The minimum Gasteiger partial charge on any atom is -0.494 e. The average Bonchev–Trinajstić information content (AvgIpc) is 3.29. The van der Waals surface area contributed by atoms with E-state index in [-0.39, 0.29) is 6.04 Å². The quantitative estimate of drug-likeness (QED) is 0.599. The van der Waals surface area contributed by atoms with Crippen LogP contribution in [0.5, 0.6) is 5.75 Å². The topological polar surface area (TPSA) is 67.4 Å². The number of anilines is 1. The highest BCUT2D eigenvalue weighted by Crippen LogP contribution is 2.19. The molecule has 0 bridgehead atoms. The van der Waals surface area contributed by atoms with Gasteiger partial charge in [0.25, 0.3) is 0 Å². The summed E-state index contributed by atoms with van der Waals surface area (Å²) < 4.78 is 5.58. The van der Waals surface area contributed by atoms with E-state index in [0.717, 1.165) is 37.9 Å². The van der Waals surface area contributed by atoms with Crippen molar-refractivity contribution in [2.45, 2.75) is 45.1 Å². The van der Waals surface area contributed by atoms with Crippen molar-refractivity contribution in [3.05, 3.63) is 24.3 Å². The first-order valence-electron chi connectivity index (χ1n) is 7.53. The Morgan fingerprint density at radius 3 is 2.48 bits per heavy atom. The lowest BCUT2D eigenvalue weighted by atomic mass is 10.2. The number of unbranched alkanes of at least 4 members (excludes halogenated alkanes) is 2. The van der Waals surface area contributed by atoms with Gasteiger partial charge in [0, 0.05) is 11.7 Å². The Bertz CT molecular complexity index is 481. The molecule has 0 aliphatic heterocycles. The van der Waals surface area contributed by atoms with Crippen LogP contribution in [-0.4, -0.2) is 24.5 Å². The first-order chi connectivity index (χ1) is 10.2. The van der Waals surface area contributed by atoms with Crippen LogP contribution >= 0.6 is 0 Å². The Kier molecular flexibility index (Phi) is 5.60. The molecule has 2 N–H and O–H groups in total. The third kappa shape index (κ3) is 5.45. The number of carbonyl (C=O) groups excluding carboxylic acids is 2. The second-order valence-corrected chi connectivity index (χ2v) is 5.28. The van der Waals surface area contributed by atoms with Crippen molar-refractivity contribution >= 4 is 17.5 Å².